The number of hydrogen-bond acceptors (Lipinski definition) is 5. The van der Waals surface area contributed by atoms with Gasteiger partial charge < -0.3 is 26.0 Å². The monoisotopic (exact) mass is 380 g/mol. The maximum atomic E-state index is 12.3. The van der Waals surface area contributed by atoms with Gasteiger partial charge in [0.1, 0.15) is 5.56 Å². The number of aliphatic hydroxyl groups excluding tert-OH is 1. The molecule has 26 heavy (non-hydrogen) atoms. The number of hydrogen-bond donors (Lipinski definition) is 5. The van der Waals surface area contributed by atoms with Gasteiger partial charge in [0.05, 0.1) is 12.6 Å². The molecule has 2 aromatic rings. The van der Waals surface area contributed by atoms with Gasteiger partial charge in [0.2, 0.25) is 11.3 Å². The lowest BCUT2D eigenvalue weighted by molar-refractivity contribution is -0.120. The van der Waals surface area contributed by atoms with Crippen LogP contribution in [0.3, 0.4) is 0 Å². The molecule has 1 aromatic carbocycles. The predicted octanol–water partition coefficient (Wildman–Crippen LogP) is -0.624. The van der Waals surface area contributed by atoms with E-state index in [0.717, 1.165) is 0 Å². The highest BCUT2D eigenvalue weighted by atomic mass is 35.5. The average Bonchev–Trinajstić information content (AvgIpc) is 3.03. The number of fused-ring (bicyclic) bond motifs is 1. The molecule has 0 bridgehead atoms. The van der Waals surface area contributed by atoms with Crippen molar-refractivity contribution in [3.63, 3.8) is 0 Å². The normalized spacial score (nSPS) is 19.0. The molecule has 1 fully saturated rings. The van der Waals surface area contributed by atoms with E-state index < -0.39 is 12.0 Å². The first-order valence-corrected chi connectivity index (χ1v) is 8.10. The smallest absolute Gasteiger partial charge is 0.257 e. The fraction of sp³-hybridized carbons (Fsp3) is 0.353. The van der Waals surface area contributed by atoms with Crippen molar-refractivity contribution >= 4 is 35.1 Å². The Morgan fingerprint density at radius 1 is 1.19 bits per heavy atom. The van der Waals surface area contributed by atoms with Crippen LogP contribution in [-0.2, 0) is 4.79 Å². The van der Waals surface area contributed by atoms with Crippen LogP contribution in [0.5, 0.6) is 0 Å². The lowest BCUT2D eigenvalue weighted by Crippen LogP contribution is -2.41. The first-order chi connectivity index (χ1) is 12.1. The zero-order valence-electron chi connectivity index (χ0n) is 14.0. The molecule has 2 unspecified atom stereocenters. The number of aromatic nitrogens is 1. The number of para-hydroxylation sites is 1. The van der Waals surface area contributed by atoms with Crippen molar-refractivity contribution in [2.45, 2.75) is 6.10 Å². The first-order valence-electron chi connectivity index (χ1n) is 8.10. The number of H-pyrrole nitrogens is 1. The van der Waals surface area contributed by atoms with Crippen LogP contribution in [0, 0.1) is 5.92 Å². The molecular weight excluding hydrogens is 360 g/mol. The molecule has 0 radical (unpaired) electrons. The van der Waals surface area contributed by atoms with Gasteiger partial charge in [-0.1, -0.05) is 12.1 Å². The van der Waals surface area contributed by atoms with Gasteiger partial charge in [0, 0.05) is 42.7 Å². The molecule has 3 rings (SSSR count). The molecule has 1 aromatic heterocycles. The Morgan fingerprint density at radius 3 is 2.69 bits per heavy atom. The summed E-state index contributed by atoms with van der Waals surface area (Å²) in [5.41, 5.74) is 0.222. The van der Waals surface area contributed by atoms with E-state index in [4.69, 9.17) is 0 Å². The number of carbonyl (C=O) groups excluding carboxylic acids is 2. The summed E-state index contributed by atoms with van der Waals surface area (Å²) in [4.78, 5) is 39.2. The van der Waals surface area contributed by atoms with Crippen molar-refractivity contribution in [1.29, 1.82) is 0 Å². The molecule has 1 aliphatic heterocycles. The summed E-state index contributed by atoms with van der Waals surface area (Å²) >= 11 is 0. The third kappa shape index (κ3) is 4.40. The van der Waals surface area contributed by atoms with Gasteiger partial charge >= 0.3 is 0 Å². The predicted molar refractivity (Wildman–Crippen MR) is 99.5 cm³/mol. The molecular formula is C17H21ClN4O4. The molecule has 8 nitrogen and oxygen atoms in total. The molecule has 5 N–H and O–H groups in total. The standard InChI is InChI=1S/C17H20N4O4.ClH/c22-14-8-18-5-10(14)6-20-15(23)9-21-17(25)12-7-19-13-4-2-1-3-11(13)16(12)24;/h1-4,7,10,14,18,22H,5-6,8-9H2,(H,19,24)(H,20,23)(H,21,25);1H. The lowest BCUT2D eigenvalue weighted by atomic mass is 10.1. The van der Waals surface area contributed by atoms with Crippen molar-refractivity contribution in [2.75, 3.05) is 26.2 Å². The summed E-state index contributed by atoms with van der Waals surface area (Å²) < 4.78 is 0. The number of pyridine rings is 1. The molecule has 9 heteroatoms. The zero-order chi connectivity index (χ0) is 17.8. The minimum atomic E-state index is -0.607. The summed E-state index contributed by atoms with van der Waals surface area (Å²) in [5.74, 6) is -1.02. The van der Waals surface area contributed by atoms with Gasteiger partial charge in [-0.25, -0.2) is 0 Å². The second-order valence-corrected chi connectivity index (χ2v) is 6.05. The highest BCUT2D eigenvalue weighted by molar-refractivity contribution is 5.98. The van der Waals surface area contributed by atoms with Gasteiger partial charge in [0.25, 0.3) is 5.91 Å². The molecule has 0 spiro atoms. The van der Waals surface area contributed by atoms with Crippen molar-refractivity contribution < 1.29 is 14.7 Å². The summed E-state index contributed by atoms with van der Waals surface area (Å²) in [6, 6.07) is 6.90. The number of halogens is 1. The van der Waals surface area contributed by atoms with E-state index in [0.29, 0.717) is 30.5 Å². The van der Waals surface area contributed by atoms with Gasteiger partial charge in [-0.05, 0) is 12.1 Å². The van der Waals surface area contributed by atoms with Gasteiger partial charge in [-0.3, -0.25) is 14.4 Å². The van der Waals surface area contributed by atoms with E-state index in [-0.39, 0.29) is 41.8 Å². The number of benzene rings is 1. The number of nitrogens with one attached hydrogen (secondary N) is 4. The number of carbonyl (C=O) groups is 2. The minimum Gasteiger partial charge on any atom is -0.391 e. The fourth-order valence-corrected chi connectivity index (χ4v) is 2.83. The van der Waals surface area contributed by atoms with Crippen LogP contribution in [0.2, 0.25) is 0 Å². The van der Waals surface area contributed by atoms with Crippen LogP contribution in [0.1, 0.15) is 10.4 Å². The minimum absolute atomic E-state index is 0. The van der Waals surface area contributed by atoms with Gasteiger partial charge in [-0.15, -0.1) is 12.4 Å². The second-order valence-electron chi connectivity index (χ2n) is 6.05. The Morgan fingerprint density at radius 2 is 1.96 bits per heavy atom. The topological polar surface area (TPSA) is 123 Å². The SMILES string of the molecule is Cl.O=C(CNC(=O)c1c[nH]c2ccccc2c1=O)NCC1CNCC1O. The van der Waals surface area contributed by atoms with Crippen LogP contribution in [0.4, 0.5) is 0 Å². The van der Waals surface area contributed by atoms with Crippen molar-refractivity contribution in [2.24, 2.45) is 5.92 Å². The van der Waals surface area contributed by atoms with Gasteiger partial charge in [-0.2, -0.15) is 0 Å². The summed E-state index contributed by atoms with van der Waals surface area (Å²) in [6.07, 6.45) is 0.865. The van der Waals surface area contributed by atoms with Crippen LogP contribution in [-0.4, -0.2) is 54.2 Å². The van der Waals surface area contributed by atoms with Crippen LogP contribution >= 0.6 is 12.4 Å². The third-order valence-electron chi connectivity index (χ3n) is 4.31. The molecule has 1 saturated heterocycles. The Kier molecular flexibility index (Phi) is 6.73. The van der Waals surface area contributed by atoms with E-state index >= 15 is 0 Å². The van der Waals surface area contributed by atoms with Crippen LogP contribution in [0.25, 0.3) is 10.9 Å². The van der Waals surface area contributed by atoms with Crippen LogP contribution < -0.4 is 21.4 Å². The third-order valence-corrected chi connectivity index (χ3v) is 4.31. The first kappa shape index (κ1) is 19.9. The number of aromatic amines is 1. The molecule has 0 aliphatic carbocycles. The highest BCUT2D eigenvalue weighted by Crippen LogP contribution is 2.07. The molecule has 1 aliphatic rings. The lowest BCUT2D eigenvalue weighted by Gasteiger charge is -2.14. The summed E-state index contributed by atoms with van der Waals surface area (Å²) in [7, 11) is 0. The van der Waals surface area contributed by atoms with E-state index in [1.54, 1.807) is 24.3 Å². The summed E-state index contributed by atoms with van der Waals surface area (Å²) in [5, 5.41) is 18.2. The molecule has 2 atom stereocenters. The number of rotatable bonds is 5. The molecule has 2 amide bonds. The zero-order valence-corrected chi connectivity index (χ0v) is 14.8. The largest absolute Gasteiger partial charge is 0.391 e. The van der Waals surface area contributed by atoms with Crippen molar-refractivity contribution in [3.8, 4) is 0 Å². The second kappa shape index (κ2) is 8.79. The number of aliphatic hydroxyl groups is 1. The molecule has 140 valence electrons. The van der Waals surface area contributed by atoms with E-state index in [1.165, 1.54) is 6.20 Å². The average molecular weight is 381 g/mol. The summed E-state index contributed by atoms with van der Waals surface area (Å²) in [6.45, 7) is 1.25. The Labute approximate surface area is 155 Å². The fourth-order valence-electron chi connectivity index (χ4n) is 2.83. The van der Waals surface area contributed by atoms with Gasteiger partial charge in [0.15, 0.2) is 0 Å². The maximum Gasteiger partial charge on any atom is 0.257 e. The van der Waals surface area contributed by atoms with E-state index in [1.807, 2.05) is 0 Å². The van der Waals surface area contributed by atoms with E-state index in [2.05, 4.69) is 20.9 Å². The Hall–Kier alpha value is -2.42. The van der Waals surface area contributed by atoms with Crippen LogP contribution in [0.15, 0.2) is 35.3 Å². The van der Waals surface area contributed by atoms with Crippen molar-refractivity contribution in [1.82, 2.24) is 20.9 Å². The highest BCUT2D eigenvalue weighted by Gasteiger charge is 2.25. The molecule has 2 heterocycles. The maximum absolute atomic E-state index is 12.3. The van der Waals surface area contributed by atoms with Crippen molar-refractivity contribution in [3.05, 3.63) is 46.2 Å². The Bertz CT molecular complexity index is 854. The Balaban J connectivity index is 0.00000243. The number of β-amino-alcohol motifs (C(OH)–C–C–N with tert-alkyl or cyclic N) is 1. The van der Waals surface area contributed by atoms with E-state index in [9.17, 15) is 19.5 Å². The quantitative estimate of drug-likeness (QED) is 0.473. The molecule has 0 saturated carbocycles. The number of amides is 2.